The van der Waals surface area contributed by atoms with Crippen molar-refractivity contribution in [1.82, 2.24) is 0 Å². The minimum absolute atomic E-state index is 0.127. The molecule has 1 aliphatic rings. The van der Waals surface area contributed by atoms with Gasteiger partial charge in [-0.25, -0.2) is 0 Å². The first-order valence-corrected chi connectivity index (χ1v) is 4.67. The second-order valence-corrected chi connectivity index (χ2v) is 3.59. The summed E-state index contributed by atoms with van der Waals surface area (Å²) in [6.07, 6.45) is 6.89. The van der Waals surface area contributed by atoms with Crippen LogP contribution in [0.2, 0.25) is 0 Å². The van der Waals surface area contributed by atoms with Gasteiger partial charge in [0.15, 0.2) is 0 Å². The Morgan fingerprint density at radius 3 is 2.75 bits per heavy atom. The fourth-order valence-corrected chi connectivity index (χ4v) is 2.03. The fourth-order valence-electron chi connectivity index (χ4n) is 2.03. The standard InChI is InChI=1S/C10H15NO/c11-10(8-4-1-2-5-8)9-6-3-7-12-9/h3,6-8,10H,1-2,4-5,11H2. The summed E-state index contributed by atoms with van der Waals surface area (Å²) >= 11 is 0. The van der Waals surface area contributed by atoms with E-state index in [1.807, 2.05) is 12.1 Å². The van der Waals surface area contributed by atoms with E-state index in [1.54, 1.807) is 6.26 Å². The van der Waals surface area contributed by atoms with Gasteiger partial charge in [-0.15, -0.1) is 0 Å². The number of nitrogens with two attached hydrogens (primary N) is 1. The second kappa shape index (κ2) is 3.31. The molecule has 1 atom stereocenters. The molecule has 1 unspecified atom stereocenters. The summed E-state index contributed by atoms with van der Waals surface area (Å²) in [5, 5.41) is 0. The zero-order valence-corrected chi connectivity index (χ0v) is 7.20. The molecular weight excluding hydrogens is 150 g/mol. The van der Waals surface area contributed by atoms with Crippen molar-refractivity contribution in [1.29, 1.82) is 0 Å². The van der Waals surface area contributed by atoms with E-state index in [2.05, 4.69) is 0 Å². The largest absolute Gasteiger partial charge is 0.468 e. The van der Waals surface area contributed by atoms with Gasteiger partial charge in [-0.1, -0.05) is 12.8 Å². The Balaban J connectivity index is 2.04. The van der Waals surface area contributed by atoms with Gasteiger partial charge in [-0.05, 0) is 30.9 Å². The van der Waals surface area contributed by atoms with Crippen LogP contribution in [-0.4, -0.2) is 0 Å². The lowest BCUT2D eigenvalue weighted by molar-refractivity contribution is 0.369. The highest BCUT2D eigenvalue weighted by atomic mass is 16.3. The smallest absolute Gasteiger partial charge is 0.120 e. The van der Waals surface area contributed by atoms with Gasteiger partial charge in [0.25, 0.3) is 0 Å². The van der Waals surface area contributed by atoms with Crippen LogP contribution in [0, 0.1) is 5.92 Å². The molecule has 1 aromatic heterocycles. The molecule has 0 bridgehead atoms. The predicted molar refractivity (Wildman–Crippen MR) is 47.6 cm³/mol. The normalized spacial score (nSPS) is 21.4. The Hall–Kier alpha value is -0.760. The summed E-state index contributed by atoms with van der Waals surface area (Å²) in [6.45, 7) is 0. The first kappa shape index (κ1) is 7.87. The topological polar surface area (TPSA) is 39.2 Å². The molecule has 0 amide bonds. The molecule has 12 heavy (non-hydrogen) atoms. The lowest BCUT2D eigenvalue weighted by Gasteiger charge is -2.15. The van der Waals surface area contributed by atoms with E-state index in [-0.39, 0.29) is 6.04 Å². The van der Waals surface area contributed by atoms with Gasteiger partial charge in [0, 0.05) is 0 Å². The van der Waals surface area contributed by atoms with Crippen molar-refractivity contribution >= 4 is 0 Å². The van der Waals surface area contributed by atoms with Gasteiger partial charge in [-0.2, -0.15) is 0 Å². The maximum Gasteiger partial charge on any atom is 0.120 e. The van der Waals surface area contributed by atoms with Crippen LogP contribution in [0.1, 0.15) is 37.5 Å². The van der Waals surface area contributed by atoms with Crippen LogP contribution in [0.15, 0.2) is 22.8 Å². The third kappa shape index (κ3) is 1.39. The molecule has 0 spiro atoms. The summed E-state index contributed by atoms with van der Waals surface area (Å²) in [4.78, 5) is 0. The van der Waals surface area contributed by atoms with Crippen LogP contribution in [0.4, 0.5) is 0 Å². The number of hydrogen-bond donors (Lipinski definition) is 1. The first-order chi connectivity index (χ1) is 5.88. The Bertz CT molecular complexity index is 224. The molecule has 2 N–H and O–H groups in total. The second-order valence-electron chi connectivity index (χ2n) is 3.59. The maximum atomic E-state index is 6.05. The van der Waals surface area contributed by atoms with Gasteiger partial charge in [0.1, 0.15) is 5.76 Å². The minimum Gasteiger partial charge on any atom is -0.468 e. The summed E-state index contributed by atoms with van der Waals surface area (Å²) in [5.41, 5.74) is 6.05. The monoisotopic (exact) mass is 165 g/mol. The van der Waals surface area contributed by atoms with E-state index < -0.39 is 0 Å². The molecule has 2 rings (SSSR count). The Morgan fingerprint density at radius 1 is 1.42 bits per heavy atom. The maximum absolute atomic E-state index is 6.05. The molecular formula is C10H15NO. The van der Waals surface area contributed by atoms with Crippen molar-refractivity contribution in [2.24, 2.45) is 11.7 Å². The van der Waals surface area contributed by atoms with E-state index in [1.165, 1.54) is 25.7 Å². The summed E-state index contributed by atoms with van der Waals surface area (Å²) in [5.74, 6) is 1.60. The summed E-state index contributed by atoms with van der Waals surface area (Å²) in [6, 6.07) is 4.01. The lowest BCUT2D eigenvalue weighted by atomic mass is 9.97. The first-order valence-electron chi connectivity index (χ1n) is 4.67. The Kier molecular flexibility index (Phi) is 2.17. The van der Waals surface area contributed by atoms with Gasteiger partial charge in [0.05, 0.1) is 12.3 Å². The van der Waals surface area contributed by atoms with Crippen LogP contribution >= 0.6 is 0 Å². The van der Waals surface area contributed by atoms with Gasteiger partial charge >= 0.3 is 0 Å². The van der Waals surface area contributed by atoms with Crippen molar-refractivity contribution in [3.63, 3.8) is 0 Å². The van der Waals surface area contributed by atoms with E-state index in [0.717, 1.165) is 5.76 Å². The highest BCUT2D eigenvalue weighted by Crippen LogP contribution is 2.33. The van der Waals surface area contributed by atoms with Crippen LogP contribution < -0.4 is 5.73 Å². The zero-order valence-electron chi connectivity index (χ0n) is 7.20. The van der Waals surface area contributed by atoms with E-state index in [9.17, 15) is 0 Å². The molecule has 2 heteroatoms. The van der Waals surface area contributed by atoms with E-state index >= 15 is 0 Å². The molecule has 1 aliphatic carbocycles. The SMILES string of the molecule is NC(c1ccco1)C1CCCC1. The Morgan fingerprint density at radius 2 is 2.17 bits per heavy atom. The van der Waals surface area contributed by atoms with Crippen molar-refractivity contribution in [2.75, 3.05) is 0 Å². The van der Waals surface area contributed by atoms with Gasteiger partial charge < -0.3 is 10.2 Å². The van der Waals surface area contributed by atoms with Gasteiger partial charge in [-0.3, -0.25) is 0 Å². The molecule has 0 aliphatic heterocycles. The average Bonchev–Trinajstić information content (AvgIpc) is 2.77. The third-order valence-electron chi connectivity index (χ3n) is 2.78. The van der Waals surface area contributed by atoms with Crippen molar-refractivity contribution < 1.29 is 4.42 Å². The molecule has 2 nitrogen and oxygen atoms in total. The molecule has 1 aromatic rings. The summed E-state index contributed by atoms with van der Waals surface area (Å²) < 4.78 is 5.28. The molecule has 1 fully saturated rings. The molecule has 66 valence electrons. The fraction of sp³-hybridized carbons (Fsp3) is 0.600. The number of furan rings is 1. The molecule has 0 aromatic carbocycles. The lowest BCUT2D eigenvalue weighted by Crippen LogP contribution is -2.18. The van der Waals surface area contributed by atoms with Crippen LogP contribution in [0.3, 0.4) is 0 Å². The number of rotatable bonds is 2. The van der Waals surface area contributed by atoms with Gasteiger partial charge in [0.2, 0.25) is 0 Å². The quantitative estimate of drug-likeness (QED) is 0.731. The predicted octanol–water partition coefficient (Wildman–Crippen LogP) is 2.47. The van der Waals surface area contributed by atoms with Crippen molar-refractivity contribution in [3.05, 3.63) is 24.2 Å². The third-order valence-corrected chi connectivity index (χ3v) is 2.78. The van der Waals surface area contributed by atoms with E-state index in [0.29, 0.717) is 5.92 Å². The molecule has 0 radical (unpaired) electrons. The average molecular weight is 165 g/mol. The highest BCUT2D eigenvalue weighted by Gasteiger charge is 2.24. The summed E-state index contributed by atoms with van der Waals surface area (Å²) in [7, 11) is 0. The van der Waals surface area contributed by atoms with Crippen LogP contribution in [-0.2, 0) is 0 Å². The van der Waals surface area contributed by atoms with Crippen molar-refractivity contribution in [3.8, 4) is 0 Å². The molecule has 1 saturated carbocycles. The minimum atomic E-state index is 0.127. The highest BCUT2D eigenvalue weighted by molar-refractivity contribution is 5.05. The van der Waals surface area contributed by atoms with E-state index in [4.69, 9.17) is 10.2 Å². The van der Waals surface area contributed by atoms with Crippen LogP contribution in [0.25, 0.3) is 0 Å². The van der Waals surface area contributed by atoms with Crippen LogP contribution in [0.5, 0.6) is 0 Å². The Labute approximate surface area is 72.7 Å². The van der Waals surface area contributed by atoms with Crippen molar-refractivity contribution in [2.45, 2.75) is 31.7 Å². The molecule has 0 saturated heterocycles. The number of hydrogen-bond acceptors (Lipinski definition) is 2. The molecule has 1 heterocycles. The zero-order chi connectivity index (χ0) is 8.39.